The van der Waals surface area contributed by atoms with Crippen LogP contribution in [-0.4, -0.2) is 72.0 Å². The Bertz CT molecular complexity index is 907. The minimum absolute atomic E-state index is 0.203. The van der Waals surface area contributed by atoms with E-state index in [1.165, 1.54) is 16.5 Å². The van der Waals surface area contributed by atoms with Crippen molar-refractivity contribution in [1.82, 2.24) is 14.4 Å². The van der Waals surface area contributed by atoms with Gasteiger partial charge in [-0.1, -0.05) is 17.7 Å². The third kappa shape index (κ3) is 5.54. The second kappa shape index (κ2) is 9.39. The lowest BCUT2D eigenvalue weighted by Gasteiger charge is -2.33. The highest BCUT2D eigenvalue weighted by Gasteiger charge is 2.29. The molecule has 2 saturated heterocycles. The lowest BCUT2D eigenvalue weighted by atomic mass is 9.89. The van der Waals surface area contributed by atoms with E-state index in [0.29, 0.717) is 5.92 Å². The number of halogens is 1. The average Bonchev–Trinajstić information content (AvgIpc) is 3.09. The standard InChI is InChI=1S/C24H34ClN3O3/c1-24(2,3)31-23(29)27-8-6-18(7-9-27)21-17-28(11-10-26-12-14-30-15-13-26)22-16-19(25)4-5-20(21)22/h4-5,16-18H,6-15H2,1-3H3. The highest BCUT2D eigenvalue weighted by molar-refractivity contribution is 6.31. The molecular weight excluding hydrogens is 414 g/mol. The van der Waals surface area contributed by atoms with Crippen LogP contribution in [0.1, 0.15) is 45.1 Å². The molecule has 2 fully saturated rings. The molecule has 0 atom stereocenters. The second-order valence-corrected chi connectivity index (χ2v) is 10.1. The van der Waals surface area contributed by atoms with Crippen molar-refractivity contribution < 1.29 is 14.3 Å². The van der Waals surface area contributed by atoms with E-state index in [1.807, 2.05) is 31.7 Å². The van der Waals surface area contributed by atoms with Crippen molar-refractivity contribution in [1.29, 1.82) is 0 Å². The molecule has 7 heteroatoms. The molecule has 0 radical (unpaired) electrons. The molecule has 3 heterocycles. The first-order valence-corrected chi connectivity index (χ1v) is 11.7. The third-order valence-corrected chi connectivity index (χ3v) is 6.46. The Kier molecular flexibility index (Phi) is 6.80. The summed E-state index contributed by atoms with van der Waals surface area (Å²) in [6.07, 6.45) is 4.01. The zero-order valence-corrected chi connectivity index (χ0v) is 19.7. The summed E-state index contributed by atoms with van der Waals surface area (Å²) in [5.41, 5.74) is 2.11. The Morgan fingerprint density at radius 1 is 1.13 bits per heavy atom. The number of morpholine rings is 1. The fourth-order valence-corrected chi connectivity index (χ4v) is 4.74. The first-order chi connectivity index (χ1) is 14.8. The van der Waals surface area contributed by atoms with Crippen molar-refractivity contribution in [3.05, 3.63) is 35.0 Å². The molecule has 2 aliphatic rings. The molecule has 0 aliphatic carbocycles. The van der Waals surface area contributed by atoms with Crippen LogP contribution in [0.3, 0.4) is 0 Å². The maximum Gasteiger partial charge on any atom is 0.410 e. The van der Waals surface area contributed by atoms with Crippen LogP contribution in [0.25, 0.3) is 10.9 Å². The van der Waals surface area contributed by atoms with Gasteiger partial charge in [-0.25, -0.2) is 4.79 Å². The number of piperidine rings is 1. The maximum atomic E-state index is 12.4. The highest BCUT2D eigenvalue weighted by atomic mass is 35.5. The van der Waals surface area contributed by atoms with Crippen molar-refractivity contribution in [2.24, 2.45) is 0 Å². The number of nitrogens with zero attached hydrogens (tertiary/aromatic N) is 3. The summed E-state index contributed by atoms with van der Waals surface area (Å²) in [4.78, 5) is 16.7. The smallest absolute Gasteiger partial charge is 0.410 e. The predicted molar refractivity (Wildman–Crippen MR) is 124 cm³/mol. The van der Waals surface area contributed by atoms with E-state index in [0.717, 1.165) is 70.3 Å². The van der Waals surface area contributed by atoms with E-state index < -0.39 is 5.60 Å². The van der Waals surface area contributed by atoms with E-state index in [-0.39, 0.29) is 6.09 Å². The number of hydrogen-bond donors (Lipinski definition) is 0. The Morgan fingerprint density at radius 3 is 2.52 bits per heavy atom. The normalized spacial score (nSPS) is 19.2. The third-order valence-electron chi connectivity index (χ3n) is 6.22. The van der Waals surface area contributed by atoms with Gasteiger partial charge in [-0.15, -0.1) is 0 Å². The van der Waals surface area contributed by atoms with Gasteiger partial charge in [-0.05, 0) is 57.2 Å². The van der Waals surface area contributed by atoms with Gasteiger partial charge in [-0.3, -0.25) is 4.90 Å². The van der Waals surface area contributed by atoms with E-state index in [4.69, 9.17) is 21.1 Å². The van der Waals surface area contributed by atoms with E-state index >= 15 is 0 Å². The van der Waals surface area contributed by atoms with Crippen LogP contribution in [-0.2, 0) is 16.0 Å². The average molecular weight is 448 g/mol. The van der Waals surface area contributed by atoms with E-state index in [9.17, 15) is 4.79 Å². The van der Waals surface area contributed by atoms with Crippen LogP contribution >= 0.6 is 11.6 Å². The molecule has 2 aromatic rings. The molecule has 1 aromatic heterocycles. The molecular formula is C24H34ClN3O3. The van der Waals surface area contributed by atoms with Gasteiger partial charge in [-0.2, -0.15) is 0 Å². The van der Waals surface area contributed by atoms with Crippen molar-refractivity contribution in [3.8, 4) is 0 Å². The van der Waals surface area contributed by atoms with Crippen LogP contribution in [0.2, 0.25) is 5.02 Å². The van der Waals surface area contributed by atoms with Crippen LogP contribution in [0, 0.1) is 0 Å². The summed E-state index contributed by atoms with van der Waals surface area (Å²) in [6.45, 7) is 12.8. The lowest BCUT2D eigenvalue weighted by molar-refractivity contribution is 0.0205. The largest absolute Gasteiger partial charge is 0.444 e. The number of ether oxygens (including phenoxy) is 2. The number of amides is 1. The van der Waals surface area contributed by atoms with E-state index in [2.05, 4.69) is 27.8 Å². The summed E-state index contributed by atoms with van der Waals surface area (Å²) < 4.78 is 13.4. The van der Waals surface area contributed by atoms with Gasteiger partial charge in [0.1, 0.15) is 5.60 Å². The Hall–Kier alpha value is -1.76. The zero-order valence-electron chi connectivity index (χ0n) is 18.9. The molecule has 4 rings (SSSR count). The molecule has 0 unspecified atom stereocenters. The quantitative estimate of drug-likeness (QED) is 0.679. The van der Waals surface area contributed by atoms with Crippen molar-refractivity contribution >= 4 is 28.6 Å². The van der Waals surface area contributed by atoms with Gasteiger partial charge in [0.25, 0.3) is 0 Å². The van der Waals surface area contributed by atoms with E-state index in [1.54, 1.807) is 0 Å². The number of likely N-dealkylation sites (tertiary alicyclic amines) is 1. The number of aromatic nitrogens is 1. The van der Waals surface area contributed by atoms with Gasteiger partial charge < -0.3 is 18.9 Å². The van der Waals surface area contributed by atoms with Crippen molar-refractivity contribution in [3.63, 3.8) is 0 Å². The van der Waals surface area contributed by atoms with Crippen molar-refractivity contribution in [2.45, 2.75) is 51.7 Å². The molecule has 6 nitrogen and oxygen atoms in total. The molecule has 1 amide bonds. The highest BCUT2D eigenvalue weighted by Crippen LogP contribution is 2.36. The van der Waals surface area contributed by atoms with Crippen LogP contribution in [0.4, 0.5) is 4.79 Å². The van der Waals surface area contributed by atoms with Crippen LogP contribution in [0.15, 0.2) is 24.4 Å². The minimum atomic E-state index is -0.457. The summed E-state index contributed by atoms with van der Waals surface area (Å²) in [5.74, 6) is 0.437. The molecule has 0 saturated carbocycles. The van der Waals surface area contributed by atoms with Crippen molar-refractivity contribution in [2.75, 3.05) is 45.9 Å². The summed E-state index contributed by atoms with van der Waals surface area (Å²) in [6, 6.07) is 6.21. The van der Waals surface area contributed by atoms with Gasteiger partial charge in [0.15, 0.2) is 0 Å². The first kappa shape index (κ1) is 22.4. The fourth-order valence-electron chi connectivity index (χ4n) is 4.58. The van der Waals surface area contributed by atoms with Gasteiger partial charge in [0, 0.05) is 61.4 Å². The predicted octanol–water partition coefficient (Wildman–Crippen LogP) is 4.74. The molecule has 1 aromatic carbocycles. The lowest BCUT2D eigenvalue weighted by Crippen LogP contribution is -2.41. The topological polar surface area (TPSA) is 46.9 Å². The molecule has 0 spiro atoms. The maximum absolute atomic E-state index is 12.4. The number of rotatable bonds is 4. The first-order valence-electron chi connectivity index (χ1n) is 11.4. The second-order valence-electron chi connectivity index (χ2n) is 9.63. The molecule has 2 aliphatic heterocycles. The number of hydrogen-bond acceptors (Lipinski definition) is 4. The Morgan fingerprint density at radius 2 is 1.84 bits per heavy atom. The molecule has 170 valence electrons. The monoisotopic (exact) mass is 447 g/mol. The van der Waals surface area contributed by atoms with Gasteiger partial charge in [0.2, 0.25) is 0 Å². The summed E-state index contributed by atoms with van der Waals surface area (Å²) in [7, 11) is 0. The molecule has 0 bridgehead atoms. The number of fused-ring (bicyclic) bond motifs is 1. The SMILES string of the molecule is CC(C)(C)OC(=O)N1CCC(c2cn(CCN3CCOCC3)c3cc(Cl)ccc23)CC1. The minimum Gasteiger partial charge on any atom is -0.444 e. The van der Waals surface area contributed by atoms with Gasteiger partial charge in [0.05, 0.1) is 13.2 Å². The van der Waals surface area contributed by atoms with Crippen LogP contribution in [0.5, 0.6) is 0 Å². The number of carbonyl (C=O) groups is 1. The summed E-state index contributed by atoms with van der Waals surface area (Å²) in [5, 5.41) is 2.05. The Balaban J connectivity index is 1.47. The fraction of sp³-hybridized carbons (Fsp3) is 0.625. The number of benzene rings is 1. The Labute approximate surface area is 190 Å². The summed E-state index contributed by atoms with van der Waals surface area (Å²) >= 11 is 6.34. The zero-order chi connectivity index (χ0) is 22.0. The number of carbonyl (C=O) groups excluding carboxylic acids is 1. The molecule has 0 N–H and O–H groups in total. The van der Waals surface area contributed by atoms with Crippen LogP contribution < -0.4 is 0 Å². The molecule has 31 heavy (non-hydrogen) atoms. The van der Waals surface area contributed by atoms with Gasteiger partial charge >= 0.3 is 6.09 Å².